The molecule has 0 aliphatic carbocycles. The maximum atomic E-state index is 12.7. The Morgan fingerprint density at radius 2 is 1.68 bits per heavy atom. The molecule has 2 aromatic heterocycles. The van der Waals surface area contributed by atoms with Gasteiger partial charge >= 0.3 is 6.03 Å². The van der Waals surface area contributed by atoms with E-state index in [1.165, 1.54) is 0 Å². The number of likely N-dealkylation sites (tertiary alicyclic amines) is 2. The van der Waals surface area contributed by atoms with E-state index >= 15 is 0 Å². The Bertz CT molecular complexity index is 978. The lowest BCUT2D eigenvalue weighted by Gasteiger charge is -2.35. The third kappa shape index (κ3) is 3.03. The number of aromatic nitrogens is 3. The van der Waals surface area contributed by atoms with Crippen LogP contribution in [0.3, 0.4) is 0 Å². The van der Waals surface area contributed by atoms with E-state index in [4.69, 9.17) is 0 Å². The Morgan fingerprint density at radius 3 is 2.50 bits per heavy atom. The fourth-order valence-corrected chi connectivity index (χ4v) is 4.56. The van der Waals surface area contributed by atoms with Gasteiger partial charge in [-0.2, -0.15) is 0 Å². The van der Waals surface area contributed by atoms with Gasteiger partial charge in [-0.15, -0.1) is 0 Å². The first-order valence-corrected chi connectivity index (χ1v) is 10.2. The highest BCUT2D eigenvalue weighted by Crippen LogP contribution is 2.32. The minimum atomic E-state index is 0.224. The molecule has 2 aliphatic heterocycles. The highest BCUT2D eigenvalue weighted by molar-refractivity contribution is 5.92. The maximum Gasteiger partial charge on any atom is 0.319 e. The lowest BCUT2D eigenvalue weighted by molar-refractivity contribution is 0.141. The quantitative estimate of drug-likeness (QED) is 0.681. The van der Waals surface area contributed by atoms with Gasteiger partial charge in [-0.1, -0.05) is 18.2 Å². The minimum Gasteiger partial charge on any atom is -0.328 e. The normalized spacial score (nSPS) is 18.1. The molecule has 6 heteroatoms. The predicted molar refractivity (Wildman–Crippen MR) is 109 cm³/mol. The fraction of sp³-hybridized carbons (Fsp3) is 0.409. The van der Waals surface area contributed by atoms with Gasteiger partial charge in [0.2, 0.25) is 0 Å². The smallest absolute Gasteiger partial charge is 0.319 e. The summed E-state index contributed by atoms with van der Waals surface area (Å²) in [7, 11) is 0. The van der Waals surface area contributed by atoms with Crippen LogP contribution in [0.15, 0.2) is 48.9 Å². The van der Waals surface area contributed by atoms with Crippen LogP contribution in [0.25, 0.3) is 22.3 Å². The molecule has 2 fully saturated rings. The largest absolute Gasteiger partial charge is 0.328 e. The van der Waals surface area contributed by atoms with Crippen molar-refractivity contribution in [3.63, 3.8) is 0 Å². The predicted octanol–water partition coefficient (Wildman–Crippen LogP) is 3.95. The van der Waals surface area contributed by atoms with Crippen LogP contribution in [0, 0.1) is 0 Å². The first-order chi connectivity index (χ1) is 13.8. The molecule has 28 heavy (non-hydrogen) atoms. The number of rotatable bonds is 2. The zero-order valence-electron chi connectivity index (χ0n) is 16.0. The number of fused-ring (bicyclic) bond motifs is 1. The van der Waals surface area contributed by atoms with Crippen LogP contribution in [0.5, 0.6) is 0 Å². The molecule has 5 rings (SSSR count). The Kier molecular flexibility index (Phi) is 4.47. The van der Waals surface area contributed by atoms with Crippen LogP contribution >= 0.6 is 0 Å². The van der Waals surface area contributed by atoms with Gasteiger partial charge in [0.15, 0.2) is 0 Å². The summed E-state index contributed by atoms with van der Waals surface area (Å²) in [4.78, 5) is 25.8. The molecular weight excluding hydrogens is 350 g/mol. The van der Waals surface area contributed by atoms with Crippen molar-refractivity contribution >= 4 is 16.9 Å². The van der Waals surface area contributed by atoms with Crippen LogP contribution in [0.2, 0.25) is 0 Å². The summed E-state index contributed by atoms with van der Waals surface area (Å²) < 4.78 is 2.29. The summed E-state index contributed by atoms with van der Waals surface area (Å²) in [6.45, 7) is 3.46. The van der Waals surface area contributed by atoms with Gasteiger partial charge in [0.25, 0.3) is 0 Å². The van der Waals surface area contributed by atoms with Gasteiger partial charge in [0, 0.05) is 61.8 Å². The number of imidazole rings is 1. The van der Waals surface area contributed by atoms with Crippen molar-refractivity contribution in [1.82, 2.24) is 24.3 Å². The zero-order valence-corrected chi connectivity index (χ0v) is 16.0. The van der Waals surface area contributed by atoms with E-state index in [0.29, 0.717) is 6.04 Å². The molecular formula is C22H25N5O. The van der Waals surface area contributed by atoms with Crippen molar-refractivity contribution in [3.8, 4) is 11.4 Å². The minimum absolute atomic E-state index is 0.224. The number of carbonyl (C=O) groups excluding carboxylic acids is 1. The molecule has 144 valence electrons. The van der Waals surface area contributed by atoms with Gasteiger partial charge in [0.1, 0.15) is 5.82 Å². The van der Waals surface area contributed by atoms with Crippen LogP contribution in [0.1, 0.15) is 31.7 Å². The number of hydrogen-bond donors (Lipinski definition) is 0. The number of urea groups is 1. The van der Waals surface area contributed by atoms with E-state index in [1.54, 1.807) is 0 Å². The van der Waals surface area contributed by atoms with Crippen molar-refractivity contribution < 1.29 is 4.79 Å². The molecule has 4 heterocycles. The fourth-order valence-electron chi connectivity index (χ4n) is 4.56. The van der Waals surface area contributed by atoms with Crippen LogP contribution < -0.4 is 0 Å². The van der Waals surface area contributed by atoms with Crippen molar-refractivity contribution in [2.24, 2.45) is 0 Å². The summed E-state index contributed by atoms with van der Waals surface area (Å²) in [5, 5.41) is 1.12. The van der Waals surface area contributed by atoms with Gasteiger partial charge in [0.05, 0.1) is 5.52 Å². The second kappa shape index (κ2) is 7.26. The van der Waals surface area contributed by atoms with Crippen molar-refractivity contribution in [3.05, 3.63) is 48.9 Å². The average Bonchev–Trinajstić information content (AvgIpc) is 3.45. The Balaban J connectivity index is 1.36. The zero-order chi connectivity index (χ0) is 18.9. The molecule has 0 radical (unpaired) electrons. The van der Waals surface area contributed by atoms with Crippen LogP contribution in [-0.2, 0) is 0 Å². The van der Waals surface area contributed by atoms with Gasteiger partial charge in [-0.05, 0) is 37.8 Å². The lowest BCUT2D eigenvalue weighted by Crippen LogP contribution is -2.45. The molecule has 0 N–H and O–H groups in total. The van der Waals surface area contributed by atoms with E-state index in [1.807, 2.05) is 40.4 Å². The number of piperidine rings is 1. The molecule has 2 aliphatic rings. The highest BCUT2D eigenvalue weighted by Gasteiger charge is 2.29. The molecule has 0 saturated carbocycles. The summed E-state index contributed by atoms with van der Waals surface area (Å²) in [5.41, 5.74) is 2.10. The number of benzene rings is 1. The molecule has 0 bridgehead atoms. The summed E-state index contributed by atoms with van der Waals surface area (Å²) >= 11 is 0. The first-order valence-electron chi connectivity index (χ1n) is 10.2. The molecule has 2 saturated heterocycles. The van der Waals surface area contributed by atoms with Crippen molar-refractivity contribution in [2.45, 2.75) is 31.7 Å². The lowest BCUT2D eigenvalue weighted by atomic mass is 10.0. The monoisotopic (exact) mass is 375 g/mol. The number of pyridine rings is 1. The van der Waals surface area contributed by atoms with Crippen molar-refractivity contribution in [1.29, 1.82) is 0 Å². The summed E-state index contributed by atoms with van der Waals surface area (Å²) in [5.74, 6) is 0.989. The Morgan fingerprint density at radius 1 is 0.893 bits per heavy atom. The van der Waals surface area contributed by atoms with Gasteiger partial charge < -0.3 is 14.4 Å². The first kappa shape index (κ1) is 17.2. The molecule has 2 amide bonds. The van der Waals surface area contributed by atoms with E-state index in [2.05, 4.69) is 32.9 Å². The van der Waals surface area contributed by atoms with E-state index in [0.717, 1.165) is 74.2 Å². The Hall–Kier alpha value is -2.89. The number of carbonyl (C=O) groups is 1. The molecule has 0 unspecified atom stereocenters. The standard InChI is InChI=1S/C22H25N5O/c28-22(25-12-1-2-13-25)26-14-8-17(9-15-26)27-16-11-24-21(27)19-5-3-7-20-18(19)6-4-10-23-20/h3-7,10-11,16-17H,1-2,8-9,12-15H2. The van der Waals surface area contributed by atoms with Crippen LogP contribution in [-0.4, -0.2) is 56.5 Å². The van der Waals surface area contributed by atoms with Gasteiger partial charge in [-0.25, -0.2) is 9.78 Å². The third-order valence-corrected chi connectivity index (χ3v) is 6.06. The molecule has 0 atom stereocenters. The highest BCUT2D eigenvalue weighted by atomic mass is 16.2. The third-order valence-electron chi connectivity index (χ3n) is 6.06. The van der Waals surface area contributed by atoms with E-state index in [9.17, 15) is 4.79 Å². The molecule has 6 nitrogen and oxygen atoms in total. The number of nitrogens with zero attached hydrogens (tertiary/aromatic N) is 5. The molecule has 3 aromatic rings. The second-order valence-electron chi connectivity index (χ2n) is 7.73. The average molecular weight is 375 g/mol. The van der Waals surface area contributed by atoms with Crippen molar-refractivity contribution in [2.75, 3.05) is 26.2 Å². The SMILES string of the molecule is O=C(N1CCCC1)N1CCC(n2ccnc2-c2cccc3ncccc23)CC1. The maximum absolute atomic E-state index is 12.7. The van der Waals surface area contributed by atoms with E-state index in [-0.39, 0.29) is 6.03 Å². The Labute approximate surface area is 164 Å². The van der Waals surface area contributed by atoms with Crippen LogP contribution in [0.4, 0.5) is 4.79 Å². The molecule has 0 spiro atoms. The molecule has 1 aromatic carbocycles. The topological polar surface area (TPSA) is 54.3 Å². The summed E-state index contributed by atoms with van der Waals surface area (Å²) in [6, 6.07) is 10.9. The summed E-state index contributed by atoms with van der Waals surface area (Å²) in [6.07, 6.45) is 9.99. The number of amides is 2. The van der Waals surface area contributed by atoms with Gasteiger partial charge in [-0.3, -0.25) is 4.98 Å². The second-order valence-corrected chi connectivity index (χ2v) is 7.73. The number of hydrogen-bond acceptors (Lipinski definition) is 3. The van der Waals surface area contributed by atoms with E-state index < -0.39 is 0 Å².